The monoisotopic (exact) mass is 350 g/mol. The van der Waals surface area contributed by atoms with Crippen molar-refractivity contribution in [1.29, 1.82) is 0 Å². The van der Waals surface area contributed by atoms with Gasteiger partial charge in [-0.25, -0.2) is 4.98 Å². The van der Waals surface area contributed by atoms with Gasteiger partial charge in [-0.05, 0) is 37.1 Å². The number of aromatic nitrogens is 2. The van der Waals surface area contributed by atoms with Gasteiger partial charge in [0.15, 0.2) is 5.76 Å². The number of amides is 2. The lowest BCUT2D eigenvalue weighted by Gasteiger charge is -2.31. The molecule has 0 spiro atoms. The highest BCUT2D eigenvalue weighted by Crippen LogP contribution is 2.15. The molecule has 3 aromatic rings. The number of hydrogen-bond acceptors (Lipinski definition) is 5. The Morgan fingerprint density at radius 1 is 1.08 bits per heavy atom. The van der Waals surface area contributed by atoms with Gasteiger partial charge in [0.2, 0.25) is 0 Å². The summed E-state index contributed by atoms with van der Waals surface area (Å²) in [6.07, 6.45) is 4.37. The first-order valence-electron chi connectivity index (χ1n) is 8.56. The molecule has 0 aliphatic carbocycles. The van der Waals surface area contributed by atoms with Crippen molar-refractivity contribution in [2.45, 2.75) is 18.9 Å². The number of piperidine rings is 1. The summed E-state index contributed by atoms with van der Waals surface area (Å²) in [6.45, 7) is 1.15. The standard InChI is InChI=1S/C19H18N4O3/c24-18(16-12-20-14-4-1-2-5-15(14)22-16)21-13-7-9-23(10-8-13)19(25)17-6-3-11-26-17/h1-6,11-13H,7-10H2,(H,21,24). The Morgan fingerprint density at radius 3 is 2.58 bits per heavy atom. The van der Waals surface area contributed by atoms with Crippen LogP contribution in [0.5, 0.6) is 0 Å². The first-order valence-corrected chi connectivity index (χ1v) is 8.56. The fourth-order valence-electron chi connectivity index (χ4n) is 3.11. The zero-order chi connectivity index (χ0) is 17.9. The van der Waals surface area contributed by atoms with Crippen molar-refractivity contribution in [2.75, 3.05) is 13.1 Å². The Kier molecular flexibility index (Phi) is 4.35. The summed E-state index contributed by atoms with van der Waals surface area (Å²) in [4.78, 5) is 35.1. The number of furan rings is 1. The van der Waals surface area contributed by atoms with Crippen molar-refractivity contribution >= 4 is 22.8 Å². The first-order chi connectivity index (χ1) is 12.7. The van der Waals surface area contributed by atoms with E-state index in [4.69, 9.17) is 4.42 Å². The van der Waals surface area contributed by atoms with Gasteiger partial charge in [0, 0.05) is 19.1 Å². The van der Waals surface area contributed by atoms with E-state index < -0.39 is 0 Å². The van der Waals surface area contributed by atoms with Crippen LogP contribution in [0.25, 0.3) is 11.0 Å². The van der Waals surface area contributed by atoms with Crippen LogP contribution in [0.3, 0.4) is 0 Å². The minimum atomic E-state index is -0.237. The molecule has 132 valence electrons. The van der Waals surface area contributed by atoms with Crippen LogP contribution in [0.2, 0.25) is 0 Å². The average Bonchev–Trinajstić information content (AvgIpc) is 3.22. The highest BCUT2D eigenvalue weighted by atomic mass is 16.3. The average molecular weight is 350 g/mol. The molecule has 0 unspecified atom stereocenters. The number of likely N-dealkylation sites (tertiary alicyclic amines) is 1. The summed E-state index contributed by atoms with van der Waals surface area (Å²) in [5, 5.41) is 2.99. The van der Waals surface area contributed by atoms with Crippen LogP contribution >= 0.6 is 0 Å². The summed E-state index contributed by atoms with van der Waals surface area (Å²) in [7, 11) is 0. The lowest BCUT2D eigenvalue weighted by molar-refractivity contribution is 0.0667. The molecular weight excluding hydrogens is 332 g/mol. The van der Waals surface area contributed by atoms with Crippen molar-refractivity contribution in [3.63, 3.8) is 0 Å². The van der Waals surface area contributed by atoms with E-state index in [0.717, 1.165) is 5.52 Å². The van der Waals surface area contributed by atoms with Gasteiger partial charge in [-0.2, -0.15) is 0 Å². The van der Waals surface area contributed by atoms with E-state index in [0.29, 0.717) is 42.9 Å². The Bertz CT molecular complexity index is 931. The third-order valence-electron chi connectivity index (χ3n) is 4.53. The molecule has 1 saturated heterocycles. The number of hydrogen-bond donors (Lipinski definition) is 1. The number of carbonyl (C=O) groups excluding carboxylic acids is 2. The van der Waals surface area contributed by atoms with Crippen LogP contribution in [0.1, 0.15) is 33.9 Å². The van der Waals surface area contributed by atoms with Gasteiger partial charge in [-0.15, -0.1) is 0 Å². The second kappa shape index (κ2) is 6.95. The molecule has 0 saturated carbocycles. The van der Waals surface area contributed by atoms with Crippen molar-refractivity contribution in [1.82, 2.24) is 20.2 Å². The largest absolute Gasteiger partial charge is 0.459 e. The van der Waals surface area contributed by atoms with Gasteiger partial charge in [0.25, 0.3) is 11.8 Å². The maximum absolute atomic E-state index is 12.4. The van der Waals surface area contributed by atoms with Gasteiger partial charge in [0.05, 0.1) is 23.5 Å². The van der Waals surface area contributed by atoms with Crippen LogP contribution in [0, 0.1) is 0 Å². The minimum absolute atomic E-state index is 0.0106. The smallest absolute Gasteiger partial charge is 0.289 e. The summed E-state index contributed by atoms with van der Waals surface area (Å²) in [5.74, 6) is -0.00170. The van der Waals surface area contributed by atoms with Crippen molar-refractivity contribution in [3.05, 3.63) is 60.3 Å². The molecule has 7 heteroatoms. The van der Waals surface area contributed by atoms with Crippen LogP contribution in [0.4, 0.5) is 0 Å². The number of benzene rings is 1. The molecule has 26 heavy (non-hydrogen) atoms. The SMILES string of the molecule is O=C(NC1CCN(C(=O)c2ccco2)CC1)c1cnc2ccccc2n1. The van der Waals surface area contributed by atoms with E-state index >= 15 is 0 Å². The highest BCUT2D eigenvalue weighted by Gasteiger charge is 2.26. The summed E-state index contributed by atoms with van der Waals surface area (Å²) in [6, 6.07) is 10.8. The van der Waals surface area contributed by atoms with Crippen LogP contribution in [-0.4, -0.2) is 45.8 Å². The number of carbonyl (C=O) groups is 2. The Hall–Kier alpha value is -3.22. The lowest BCUT2D eigenvalue weighted by atomic mass is 10.0. The number of fused-ring (bicyclic) bond motifs is 1. The maximum atomic E-state index is 12.4. The number of nitrogens with one attached hydrogen (secondary N) is 1. The van der Waals surface area contributed by atoms with Gasteiger partial charge in [0.1, 0.15) is 5.69 Å². The maximum Gasteiger partial charge on any atom is 0.289 e. The Morgan fingerprint density at radius 2 is 1.85 bits per heavy atom. The van der Waals surface area contributed by atoms with E-state index in [1.54, 1.807) is 17.0 Å². The third-order valence-corrected chi connectivity index (χ3v) is 4.53. The van der Waals surface area contributed by atoms with E-state index in [1.165, 1.54) is 12.5 Å². The fourth-order valence-corrected chi connectivity index (χ4v) is 3.11. The molecular formula is C19H18N4O3. The van der Waals surface area contributed by atoms with Crippen LogP contribution in [-0.2, 0) is 0 Å². The molecule has 0 atom stereocenters. The predicted molar refractivity (Wildman–Crippen MR) is 94.6 cm³/mol. The highest BCUT2D eigenvalue weighted by molar-refractivity contribution is 5.94. The molecule has 1 aliphatic rings. The molecule has 4 rings (SSSR count). The number of para-hydroxylation sites is 2. The van der Waals surface area contributed by atoms with Crippen LogP contribution < -0.4 is 5.32 Å². The molecule has 0 radical (unpaired) electrons. The predicted octanol–water partition coefficient (Wildman–Crippen LogP) is 2.26. The Labute approximate surface area is 150 Å². The van der Waals surface area contributed by atoms with Crippen LogP contribution in [0.15, 0.2) is 53.3 Å². The first kappa shape index (κ1) is 16.3. The van der Waals surface area contributed by atoms with Gasteiger partial charge >= 0.3 is 0 Å². The van der Waals surface area contributed by atoms with E-state index in [1.807, 2.05) is 24.3 Å². The molecule has 0 bridgehead atoms. The van der Waals surface area contributed by atoms with Crippen molar-refractivity contribution < 1.29 is 14.0 Å². The van der Waals surface area contributed by atoms with E-state index in [-0.39, 0.29) is 17.9 Å². The lowest BCUT2D eigenvalue weighted by Crippen LogP contribution is -2.46. The zero-order valence-corrected chi connectivity index (χ0v) is 14.1. The van der Waals surface area contributed by atoms with Gasteiger partial charge in [-0.3, -0.25) is 14.6 Å². The Balaban J connectivity index is 1.36. The molecule has 3 heterocycles. The molecule has 1 aromatic carbocycles. The van der Waals surface area contributed by atoms with Crippen molar-refractivity contribution in [3.8, 4) is 0 Å². The molecule has 1 aliphatic heterocycles. The van der Waals surface area contributed by atoms with Gasteiger partial charge < -0.3 is 14.6 Å². The van der Waals surface area contributed by atoms with Crippen molar-refractivity contribution in [2.24, 2.45) is 0 Å². The quantitative estimate of drug-likeness (QED) is 0.783. The zero-order valence-electron chi connectivity index (χ0n) is 14.1. The minimum Gasteiger partial charge on any atom is -0.459 e. The molecule has 1 N–H and O–H groups in total. The second-order valence-corrected chi connectivity index (χ2v) is 6.26. The topological polar surface area (TPSA) is 88.3 Å². The van der Waals surface area contributed by atoms with Gasteiger partial charge in [-0.1, -0.05) is 12.1 Å². The molecule has 1 fully saturated rings. The summed E-state index contributed by atoms with van der Waals surface area (Å²) in [5.41, 5.74) is 1.76. The second-order valence-electron chi connectivity index (χ2n) is 6.26. The fraction of sp³-hybridized carbons (Fsp3) is 0.263. The normalized spacial score (nSPS) is 15.2. The molecule has 2 amide bonds. The third kappa shape index (κ3) is 3.28. The summed E-state index contributed by atoms with van der Waals surface area (Å²) < 4.78 is 5.16. The van der Waals surface area contributed by atoms with E-state index in [9.17, 15) is 9.59 Å². The number of rotatable bonds is 3. The van der Waals surface area contributed by atoms with E-state index in [2.05, 4.69) is 15.3 Å². The molecule has 7 nitrogen and oxygen atoms in total. The molecule has 2 aromatic heterocycles. The summed E-state index contributed by atoms with van der Waals surface area (Å²) >= 11 is 0. The number of nitrogens with zero attached hydrogens (tertiary/aromatic N) is 3.